The summed E-state index contributed by atoms with van der Waals surface area (Å²) in [6.45, 7) is 0.481. The van der Waals surface area contributed by atoms with E-state index in [2.05, 4.69) is 15.3 Å². The van der Waals surface area contributed by atoms with Crippen molar-refractivity contribution in [2.24, 2.45) is 0 Å². The van der Waals surface area contributed by atoms with Crippen molar-refractivity contribution in [1.82, 2.24) is 9.97 Å². The van der Waals surface area contributed by atoms with Crippen LogP contribution < -0.4 is 10.1 Å². The first-order valence-electron chi connectivity index (χ1n) is 10.2. The van der Waals surface area contributed by atoms with E-state index in [1.807, 2.05) is 54.6 Å². The Bertz CT molecular complexity index is 1420. The predicted molar refractivity (Wildman–Crippen MR) is 123 cm³/mol. The number of aromatic nitrogens is 2. The van der Waals surface area contributed by atoms with Gasteiger partial charge in [0, 0.05) is 28.3 Å². The average Bonchev–Trinajstić information content (AvgIpc) is 3.33. The summed E-state index contributed by atoms with van der Waals surface area (Å²) in [5, 5.41) is 3.85. The number of fused-ring (bicyclic) bond motifs is 1. The maximum Gasteiger partial charge on any atom is 0.185 e. The van der Waals surface area contributed by atoms with Gasteiger partial charge in [-0.3, -0.25) is 4.79 Å². The molecule has 33 heavy (non-hydrogen) atoms. The van der Waals surface area contributed by atoms with Gasteiger partial charge in [-0.25, -0.2) is 14.4 Å². The monoisotopic (exact) mass is 439 g/mol. The molecule has 0 saturated heterocycles. The molecule has 1 N–H and O–H groups in total. The standard InChI is InChI=1S/C26H18FN3O3/c27-23-13-24-22(12-21(23)20-10-11-32-25(20)14-31)26(29-16-28-24)30-18-6-8-19(9-7-18)33-15-17-4-2-1-3-5-17/h1-14,16H,15H2,(H,28,29,30). The van der Waals surface area contributed by atoms with Gasteiger partial charge in [0.2, 0.25) is 0 Å². The Morgan fingerprint density at radius 2 is 1.79 bits per heavy atom. The van der Waals surface area contributed by atoms with Gasteiger partial charge in [0.15, 0.2) is 12.0 Å². The van der Waals surface area contributed by atoms with Gasteiger partial charge in [-0.1, -0.05) is 30.3 Å². The normalized spacial score (nSPS) is 10.8. The highest BCUT2D eigenvalue weighted by molar-refractivity contribution is 5.95. The number of nitrogens with zero attached hydrogens (tertiary/aromatic N) is 2. The first-order chi connectivity index (χ1) is 16.2. The smallest absolute Gasteiger partial charge is 0.185 e. The van der Waals surface area contributed by atoms with Crippen LogP contribution >= 0.6 is 0 Å². The number of hydrogen-bond acceptors (Lipinski definition) is 6. The molecule has 5 aromatic rings. The molecular formula is C26H18FN3O3. The second kappa shape index (κ2) is 8.92. The van der Waals surface area contributed by atoms with E-state index in [1.54, 1.807) is 12.1 Å². The summed E-state index contributed by atoms with van der Waals surface area (Å²) in [4.78, 5) is 19.7. The second-order valence-corrected chi connectivity index (χ2v) is 7.31. The van der Waals surface area contributed by atoms with Crippen molar-refractivity contribution in [1.29, 1.82) is 0 Å². The Kier molecular flexibility index (Phi) is 5.51. The van der Waals surface area contributed by atoms with Crippen molar-refractivity contribution in [2.75, 3.05) is 5.32 Å². The molecule has 0 spiro atoms. The van der Waals surface area contributed by atoms with Crippen LogP contribution in [0.5, 0.6) is 5.75 Å². The van der Waals surface area contributed by atoms with E-state index in [4.69, 9.17) is 9.15 Å². The van der Waals surface area contributed by atoms with E-state index >= 15 is 0 Å². The maximum atomic E-state index is 14.7. The van der Waals surface area contributed by atoms with Crippen LogP contribution in [0.2, 0.25) is 0 Å². The van der Waals surface area contributed by atoms with Gasteiger partial charge in [-0.15, -0.1) is 0 Å². The molecule has 2 aromatic heterocycles. The molecule has 0 amide bonds. The Morgan fingerprint density at radius 1 is 0.970 bits per heavy atom. The number of nitrogens with one attached hydrogen (secondary N) is 1. The lowest BCUT2D eigenvalue weighted by Gasteiger charge is -2.11. The van der Waals surface area contributed by atoms with Gasteiger partial charge in [0.1, 0.15) is 30.3 Å². The summed E-state index contributed by atoms with van der Waals surface area (Å²) in [7, 11) is 0. The number of aldehydes is 1. The lowest BCUT2D eigenvalue weighted by molar-refractivity contribution is 0.110. The molecule has 0 aliphatic heterocycles. The molecule has 0 fully saturated rings. The van der Waals surface area contributed by atoms with Gasteiger partial charge >= 0.3 is 0 Å². The zero-order chi connectivity index (χ0) is 22.6. The third-order valence-corrected chi connectivity index (χ3v) is 5.18. The number of ether oxygens (including phenoxy) is 1. The molecule has 3 aromatic carbocycles. The van der Waals surface area contributed by atoms with Crippen LogP contribution in [0.4, 0.5) is 15.9 Å². The number of carbonyl (C=O) groups excluding carboxylic acids is 1. The van der Waals surface area contributed by atoms with Crippen molar-refractivity contribution in [3.05, 3.63) is 103 Å². The fraction of sp³-hybridized carbons (Fsp3) is 0.0385. The minimum atomic E-state index is -0.503. The molecule has 162 valence electrons. The Balaban J connectivity index is 1.40. The van der Waals surface area contributed by atoms with Gasteiger partial charge in [-0.05, 0) is 42.0 Å². The highest BCUT2D eigenvalue weighted by atomic mass is 19.1. The fourth-order valence-corrected chi connectivity index (χ4v) is 3.53. The van der Waals surface area contributed by atoms with Gasteiger partial charge in [0.25, 0.3) is 0 Å². The summed E-state index contributed by atoms with van der Waals surface area (Å²) in [5.41, 5.74) is 2.92. The summed E-state index contributed by atoms with van der Waals surface area (Å²) in [6.07, 6.45) is 3.28. The van der Waals surface area contributed by atoms with Crippen molar-refractivity contribution >= 4 is 28.7 Å². The van der Waals surface area contributed by atoms with Crippen LogP contribution in [0, 0.1) is 5.82 Å². The van der Waals surface area contributed by atoms with Gasteiger partial charge in [-0.2, -0.15) is 0 Å². The van der Waals surface area contributed by atoms with E-state index in [9.17, 15) is 9.18 Å². The van der Waals surface area contributed by atoms with E-state index in [0.717, 1.165) is 17.0 Å². The quantitative estimate of drug-likeness (QED) is 0.306. The number of hydrogen-bond donors (Lipinski definition) is 1. The van der Waals surface area contributed by atoms with Crippen LogP contribution in [-0.4, -0.2) is 16.3 Å². The molecule has 0 bridgehead atoms. The SMILES string of the molecule is O=Cc1occc1-c1cc2c(Nc3ccc(OCc4ccccc4)cc3)ncnc2cc1F. The number of carbonyl (C=O) groups is 1. The van der Waals surface area contributed by atoms with Crippen LogP contribution in [0.25, 0.3) is 22.0 Å². The third-order valence-electron chi connectivity index (χ3n) is 5.18. The first-order valence-corrected chi connectivity index (χ1v) is 10.2. The number of halogens is 1. The zero-order valence-electron chi connectivity index (χ0n) is 17.4. The lowest BCUT2D eigenvalue weighted by Crippen LogP contribution is -1.98. The topological polar surface area (TPSA) is 77.2 Å². The molecule has 0 aliphatic carbocycles. The second-order valence-electron chi connectivity index (χ2n) is 7.31. The predicted octanol–water partition coefficient (Wildman–Crippen LogP) is 6.16. The molecular weight excluding hydrogens is 421 g/mol. The van der Waals surface area contributed by atoms with E-state index in [-0.39, 0.29) is 11.3 Å². The summed E-state index contributed by atoms with van der Waals surface area (Å²) in [5.74, 6) is 0.806. The minimum absolute atomic E-state index is 0.0608. The average molecular weight is 439 g/mol. The highest BCUT2D eigenvalue weighted by Gasteiger charge is 2.16. The lowest BCUT2D eigenvalue weighted by atomic mass is 10.0. The summed E-state index contributed by atoms with van der Waals surface area (Å²) >= 11 is 0. The first kappa shape index (κ1) is 20.4. The molecule has 0 radical (unpaired) electrons. The van der Waals surface area contributed by atoms with E-state index < -0.39 is 5.82 Å². The van der Waals surface area contributed by atoms with Crippen LogP contribution in [0.15, 0.2) is 89.8 Å². The van der Waals surface area contributed by atoms with Crippen LogP contribution in [0.1, 0.15) is 16.1 Å². The van der Waals surface area contributed by atoms with Gasteiger partial charge < -0.3 is 14.5 Å². The van der Waals surface area contributed by atoms with Crippen LogP contribution in [0.3, 0.4) is 0 Å². The zero-order valence-corrected chi connectivity index (χ0v) is 17.4. The number of rotatable bonds is 7. The van der Waals surface area contributed by atoms with Crippen molar-refractivity contribution in [2.45, 2.75) is 6.61 Å². The molecule has 7 heteroatoms. The summed E-state index contributed by atoms with van der Waals surface area (Å²) in [6, 6.07) is 21.9. The third kappa shape index (κ3) is 4.29. The molecule has 0 unspecified atom stereocenters. The Hall–Kier alpha value is -4.52. The van der Waals surface area contributed by atoms with E-state index in [0.29, 0.717) is 35.2 Å². The molecule has 0 aliphatic rings. The van der Waals surface area contributed by atoms with Crippen molar-refractivity contribution < 1.29 is 18.3 Å². The maximum absolute atomic E-state index is 14.7. The molecule has 0 atom stereocenters. The molecule has 5 rings (SSSR count). The number of furan rings is 1. The molecule has 2 heterocycles. The van der Waals surface area contributed by atoms with Crippen molar-refractivity contribution in [3.8, 4) is 16.9 Å². The highest BCUT2D eigenvalue weighted by Crippen LogP contribution is 2.33. The van der Waals surface area contributed by atoms with E-state index in [1.165, 1.54) is 18.7 Å². The number of anilines is 2. The fourth-order valence-electron chi connectivity index (χ4n) is 3.53. The Labute approximate surface area is 188 Å². The van der Waals surface area contributed by atoms with Gasteiger partial charge in [0.05, 0.1) is 11.8 Å². The van der Waals surface area contributed by atoms with Crippen molar-refractivity contribution in [3.63, 3.8) is 0 Å². The Morgan fingerprint density at radius 3 is 2.58 bits per heavy atom. The number of benzene rings is 3. The molecule has 0 saturated carbocycles. The molecule has 6 nitrogen and oxygen atoms in total. The van der Waals surface area contributed by atoms with Crippen LogP contribution in [-0.2, 0) is 6.61 Å². The summed E-state index contributed by atoms with van der Waals surface area (Å²) < 4.78 is 25.7. The minimum Gasteiger partial charge on any atom is -0.489 e. The largest absolute Gasteiger partial charge is 0.489 e.